The van der Waals surface area contributed by atoms with Crippen LogP contribution in [0.15, 0.2) is 31.1 Å². The minimum Gasteiger partial charge on any atom is -0.350 e. The normalized spacial score (nSPS) is 15.8. The second-order valence-electron chi connectivity index (χ2n) is 5.45. The van der Waals surface area contributed by atoms with Crippen LogP contribution in [0.3, 0.4) is 0 Å². The standard InChI is InChI=1S/C15H19N5O/c21-15(18-8-12-4-2-1-3-5-12)13-9-17-10-14(19-13)20-7-6-16-11-20/h6-7,9-12H,1-5,8H2,(H,18,21). The molecule has 110 valence electrons. The van der Waals surface area contributed by atoms with Crippen molar-refractivity contribution in [3.05, 3.63) is 36.8 Å². The van der Waals surface area contributed by atoms with Crippen molar-refractivity contribution in [3.63, 3.8) is 0 Å². The van der Waals surface area contributed by atoms with Crippen LogP contribution in [0.4, 0.5) is 0 Å². The SMILES string of the molecule is O=C(NCC1CCCCC1)c1cncc(-n2ccnc2)n1. The molecule has 1 fully saturated rings. The second kappa shape index (κ2) is 6.47. The highest BCUT2D eigenvalue weighted by Crippen LogP contribution is 2.22. The van der Waals surface area contributed by atoms with Gasteiger partial charge in [0.1, 0.15) is 12.0 Å². The number of aromatic nitrogens is 4. The maximum absolute atomic E-state index is 12.2. The molecule has 0 spiro atoms. The van der Waals surface area contributed by atoms with Crippen LogP contribution in [0.1, 0.15) is 42.6 Å². The lowest BCUT2D eigenvalue weighted by atomic mass is 9.89. The van der Waals surface area contributed by atoms with E-state index in [0.29, 0.717) is 17.4 Å². The highest BCUT2D eigenvalue weighted by molar-refractivity contribution is 5.92. The van der Waals surface area contributed by atoms with Crippen LogP contribution in [-0.4, -0.2) is 32.0 Å². The van der Waals surface area contributed by atoms with Crippen molar-refractivity contribution in [1.82, 2.24) is 24.8 Å². The molecule has 21 heavy (non-hydrogen) atoms. The van der Waals surface area contributed by atoms with Gasteiger partial charge in [-0.05, 0) is 18.8 Å². The van der Waals surface area contributed by atoms with E-state index in [0.717, 1.165) is 6.54 Å². The summed E-state index contributed by atoms with van der Waals surface area (Å²) in [6.45, 7) is 0.732. The summed E-state index contributed by atoms with van der Waals surface area (Å²) in [6.07, 6.45) is 14.5. The molecule has 1 saturated carbocycles. The summed E-state index contributed by atoms with van der Waals surface area (Å²) in [5.41, 5.74) is 0.344. The zero-order chi connectivity index (χ0) is 14.5. The predicted octanol–water partition coefficient (Wildman–Crippen LogP) is 1.97. The molecule has 1 aliphatic rings. The maximum Gasteiger partial charge on any atom is 0.271 e. The smallest absolute Gasteiger partial charge is 0.271 e. The Morgan fingerprint density at radius 1 is 1.24 bits per heavy atom. The van der Waals surface area contributed by atoms with E-state index in [4.69, 9.17) is 0 Å². The van der Waals surface area contributed by atoms with Crippen molar-refractivity contribution in [2.75, 3.05) is 6.54 Å². The molecular formula is C15H19N5O. The molecule has 0 atom stereocenters. The van der Waals surface area contributed by atoms with Crippen LogP contribution in [0.2, 0.25) is 0 Å². The summed E-state index contributed by atoms with van der Waals surface area (Å²) < 4.78 is 1.73. The highest BCUT2D eigenvalue weighted by atomic mass is 16.1. The molecule has 2 aromatic heterocycles. The maximum atomic E-state index is 12.2. The third-order valence-electron chi connectivity index (χ3n) is 3.90. The van der Waals surface area contributed by atoms with Gasteiger partial charge in [0.25, 0.3) is 5.91 Å². The van der Waals surface area contributed by atoms with E-state index >= 15 is 0 Å². The third-order valence-corrected chi connectivity index (χ3v) is 3.90. The van der Waals surface area contributed by atoms with Crippen LogP contribution in [0.25, 0.3) is 5.82 Å². The number of amides is 1. The number of carbonyl (C=O) groups is 1. The number of hydrogen-bond donors (Lipinski definition) is 1. The van der Waals surface area contributed by atoms with Gasteiger partial charge in [0.05, 0.1) is 12.4 Å². The predicted molar refractivity (Wildman–Crippen MR) is 78.1 cm³/mol. The van der Waals surface area contributed by atoms with Gasteiger partial charge >= 0.3 is 0 Å². The van der Waals surface area contributed by atoms with E-state index in [2.05, 4.69) is 20.3 Å². The van der Waals surface area contributed by atoms with Crippen molar-refractivity contribution >= 4 is 5.91 Å². The van der Waals surface area contributed by atoms with Crippen molar-refractivity contribution in [2.24, 2.45) is 5.92 Å². The van der Waals surface area contributed by atoms with E-state index in [1.807, 2.05) is 0 Å². The molecule has 0 aliphatic heterocycles. The fourth-order valence-corrected chi connectivity index (χ4v) is 2.70. The van der Waals surface area contributed by atoms with E-state index in [1.165, 1.54) is 38.3 Å². The summed E-state index contributed by atoms with van der Waals surface area (Å²) in [7, 11) is 0. The van der Waals surface area contributed by atoms with E-state index in [1.54, 1.807) is 29.5 Å². The highest BCUT2D eigenvalue weighted by Gasteiger charge is 2.16. The first-order chi connectivity index (χ1) is 10.3. The van der Waals surface area contributed by atoms with Crippen LogP contribution >= 0.6 is 0 Å². The molecule has 6 nitrogen and oxygen atoms in total. The number of hydrogen-bond acceptors (Lipinski definition) is 4. The summed E-state index contributed by atoms with van der Waals surface area (Å²) in [4.78, 5) is 24.5. The third kappa shape index (κ3) is 3.45. The quantitative estimate of drug-likeness (QED) is 0.932. The molecule has 1 N–H and O–H groups in total. The topological polar surface area (TPSA) is 72.7 Å². The number of rotatable bonds is 4. The number of carbonyl (C=O) groups excluding carboxylic acids is 1. The first kappa shape index (κ1) is 13.7. The van der Waals surface area contributed by atoms with E-state index in [-0.39, 0.29) is 5.91 Å². The van der Waals surface area contributed by atoms with E-state index in [9.17, 15) is 4.79 Å². The Hall–Kier alpha value is -2.24. The van der Waals surface area contributed by atoms with Crippen LogP contribution in [0.5, 0.6) is 0 Å². The Morgan fingerprint density at radius 3 is 2.86 bits per heavy atom. The average molecular weight is 285 g/mol. The van der Waals surface area contributed by atoms with Crippen LogP contribution in [0, 0.1) is 5.92 Å². The van der Waals surface area contributed by atoms with Gasteiger partial charge in [-0.15, -0.1) is 0 Å². The van der Waals surface area contributed by atoms with Gasteiger partial charge in [0.2, 0.25) is 0 Å². The van der Waals surface area contributed by atoms with Crippen molar-refractivity contribution in [2.45, 2.75) is 32.1 Å². The molecule has 1 aliphatic carbocycles. The average Bonchev–Trinajstić information content (AvgIpc) is 3.08. The molecule has 1 amide bonds. The summed E-state index contributed by atoms with van der Waals surface area (Å²) in [6, 6.07) is 0. The van der Waals surface area contributed by atoms with Crippen LogP contribution in [-0.2, 0) is 0 Å². The number of imidazole rings is 1. The summed E-state index contributed by atoms with van der Waals surface area (Å²) in [5.74, 6) is 1.04. The molecule has 3 rings (SSSR count). The molecule has 0 aromatic carbocycles. The van der Waals surface area contributed by atoms with E-state index < -0.39 is 0 Å². The van der Waals surface area contributed by atoms with Crippen molar-refractivity contribution in [3.8, 4) is 5.82 Å². The molecule has 2 aromatic rings. The summed E-state index contributed by atoms with van der Waals surface area (Å²) >= 11 is 0. The Bertz CT molecular complexity index is 590. The van der Waals surface area contributed by atoms with Crippen molar-refractivity contribution in [1.29, 1.82) is 0 Å². The molecule has 0 radical (unpaired) electrons. The second-order valence-corrected chi connectivity index (χ2v) is 5.45. The fraction of sp³-hybridized carbons (Fsp3) is 0.467. The Balaban J connectivity index is 1.63. The van der Waals surface area contributed by atoms with Gasteiger partial charge in [0.15, 0.2) is 5.82 Å². The molecule has 0 saturated heterocycles. The monoisotopic (exact) mass is 285 g/mol. The molecule has 2 heterocycles. The minimum atomic E-state index is -0.157. The van der Waals surface area contributed by atoms with Crippen molar-refractivity contribution < 1.29 is 4.79 Å². The Morgan fingerprint density at radius 2 is 2.10 bits per heavy atom. The lowest BCUT2D eigenvalue weighted by molar-refractivity contribution is 0.0938. The van der Waals surface area contributed by atoms with Gasteiger partial charge in [-0.1, -0.05) is 19.3 Å². The summed E-state index contributed by atoms with van der Waals surface area (Å²) in [5, 5.41) is 2.97. The van der Waals surface area contributed by atoms with Crippen LogP contribution < -0.4 is 5.32 Å². The van der Waals surface area contributed by atoms with Gasteiger partial charge < -0.3 is 5.32 Å². The van der Waals surface area contributed by atoms with Gasteiger partial charge in [-0.3, -0.25) is 14.3 Å². The molecule has 6 heteroatoms. The lowest BCUT2D eigenvalue weighted by Crippen LogP contribution is -2.31. The Kier molecular flexibility index (Phi) is 4.23. The van der Waals surface area contributed by atoms with Gasteiger partial charge in [-0.2, -0.15) is 0 Å². The van der Waals surface area contributed by atoms with Gasteiger partial charge in [-0.25, -0.2) is 9.97 Å². The van der Waals surface area contributed by atoms with Gasteiger partial charge in [0, 0.05) is 18.9 Å². The first-order valence-electron chi connectivity index (χ1n) is 7.41. The zero-order valence-corrected chi connectivity index (χ0v) is 11.9. The lowest BCUT2D eigenvalue weighted by Gasteiger charge is -2.21. The first-order valence-corrected chi connectivity index (χ1v) is 7.41. The fourth-order valence-electron chi connectivity index (χ4n) is 2.70. The molecular weight excluding hydrogens is 266 g/mol. The zero-order valence-electron chi connectivity index (χ0n) is 11.9. The molecule has 0 unspecified atom stereocenters. The Labute approximate surface area is 123 Å². The number of nitrogens with one attached hydrogen (secondary N) is 1. The molecule has 0 bridgehead atoms. The largest absolute Gasteiger partial charge is 0.350 e. The minimum absolute atomic E-state index is 0.157. The number of nitrogens with zero attached hydrogens (tertiary/aromatic N) is 4.